The molecular weight excluding hydrogens is 214 g/mol. The summed E-state index contributed by atoms with van der Waals surface area (Å²) in [7, 11) is 0. The first-order chi connectivity index (χ1) is 7.97. The van der Waals surface area contributed by atoms with Crippen LogP contribution in [0, 0.1) is 0 Å². The van der Waals surface area contributed by atoms with Crippen molar-refractivity contribution < 1.29 is 5.11 Å². The number of piperazine rings is 1. The third-order valence-electron chi connectivity index (χ3n) is 3.28. The molecule has 0 aliphatic carbocycles. The van der Waals surface area contributed by atoms with Crippen molar-refractivity contribution in [1.82, 2.24) is 9.88 Å². The molecule has 0 radical (unpaired) electrons. The van der Waals surface area contributed by atoms with Crippen molar-refractivity contribution in [2.24, 2.45) is 0 Å². The number of hydrogen-bond donors (Lipinski definition) is 1. The van der Waals surface area contributed by atoms with Gasteiger partial charge in [0.2, 0.25) is 0 Å². The molecule has 0 atom stereocenters. The Hall–Kier alpha value is -1.29. The molecule has 1 saturated heterocycles. The van der Waals surface area contributed by atoms with E-state index in [1.54, 1.807) is 18.3 Å². The molecule has 4 heteroatoms. The summed E-state index contributed by atoms with van der Waals surface area (Å²) < 4.78 is 0. The molecule has 0 amide bonds. The van der Waals surface area contributed by atoms with Gasteiger partial charge in [0.1, 0.15) is 11.6 Å². The second-order valence-electron chi connectivity index (χ2n) is 5.52. The van der Waals surface area contributed by atoms with Crippen LogP contribution < -0.4 is 4.90 Å². The predicted molar refractivity (Wildman–Crippen MR) is 69.4 cm³/mol. The molecule has 2 heterocycles. The summed E-state index contributed by atoms with van der Waals surface area (Å²) in [4.78, 5) is 9.00. The van der Waals surface area contributed by atoms with Gasteiger partial charge in [-0.2, -0.15) is 0 Å². The Morgan fingerprint density at radius 2 is 1.82 bits per heavy atom. The Balaban J connectivity index is 2.00. The number of nitrogens with zero attached hydrogens (tertiary/aromatic N) is 3. The van der Waals surface area contributed by atoms with Crippen molar-refractivity contribution in [3.63, 3.8) is 0 Å². The average molecular weight is 235 g/mol. The molecule has 0 unspecified atom stereocenters. The summed E-state index contributed by atoms with van der Waals surface area (Å²) in [6, 6.07) is 3.33. The smallest absolute Gasteiger partial charge is 0.132 e. The number of aromatic nitrogens is 1. The Morgan fingerprint density at radius 3 is 2.35 bits per heavy atom. The highest BCUT2D eigenvalue weighted by atomic mass is 16.3. The van der Waals surface area contributed by atoms with E-state index in [0.29, 0.717) is 0 Å². The molecule has 0 aromatic carbocycles. The van der Waals surface area contributed by atoms with Crippen LogP contribution >= 0.6 is 0 Å². The minimum atomic E-state index is 0.234. The van der Waals surface area contributed by atoms with E-state index < -0.39 is 0 Å². The Bertz CT molecular complexity index is 378. The molecule has 94 valence electrons. The normalized spacial score (nSPS) is 18.4. The summed E-state index contributed by atoms with van der Waals surface area (Å²) in [6.07, 6.45) is 1.65. The zero-order chi connectivity index (χ0) is 12.5. The van der Waals surface area contributed by atoms with Gasteiger partial charge in [0.15, 0.2) is 0 Å². The van der Waals surface area contributed by atoms with Gasteiger partial charge in [-0.1, -0.05) is 0 Å². The van der Waals surface area contributed by atoms with Gasteiger partial charge in [-0.05, 0) is 26.8 Å². The lowest BCUT2D eigenvalue weighted by Gasteiger charge is -2.42. The monoisotopic (exact) mass is 235 g/mol. The van der Waals surface area contributed by atoms with Gasteiger partial charge in [0.25, 0.3) is 0 Å². The molecule has 0 bridgehead atoms. The second-order valence-corrected chi connectivity index (χ2v) is 5.52. The van der Waals surface area contributed by atoms with Crippen molar-refractivity contribution in [2.45, 2.75) is 26.3 Å². The lowest BCUT2D eigenvalue weighted by atomic mass is 10.1. The van der Waals surface area contributed by atoms with Gasteiger partial charge in [-0.25, -0.2) is 4.98 Å². The first-order valence-electron chi connectivity index (χ1n) is 6.12. The third-order valence-corrected chi connectivity index (χ3v) is 3.28. The number of rotatable bonds is 1. The molecule has 1 aromatic rings. The van der Waals surface area contributed by atoms with Crippen LogP contribution in [0.3, 0.4) is 0 Å². The Kier molecular flexibility index (Phi) is 3.24. The lowest BCUT2D eigenvalue weighted by Crippen LogP contribution is -2.53. The maximum atomic E-state index is 9.45. The van der Waals surface area contributed by atoms with Crippen LogP contribution in [0.25, 0.3) is 0 Å². The highest BCUT2D eigenvalue weighted by molar-refractivity contribution is 5.43. The quantitative estimate of drug-likeness (QED) is 0.804. The summed E-state index contributed by atoms with van der Waals surface area (Å²) >= 11 is 0. The second kappa shape index (κ2) is 4.53. The van der Waals surface area contributed by atoms with Gasteiger partial charge < -0.3 is 10.0 Å². The summed E-state index contributed by atoms with van der Waals surface area (Å²) in [5.41, 5.74) is 0.234. The Labute approximate surface area is 103 Å². The zero-order valence-corrected chi connectivity index (χ0v) is 10.8. The van der Waals surface area contributed by atoms with E-state index in [2.05, 4.69) is 35.6 Å². The van der Waals surface area contributed by atoms with Crippen molar-refractivity contribution in [1.29, 1.82) is 0 Å². The molecule has 17 heavy (non-hydrogen) atoms. The molecule has 1 fully saturated rings. The van der Waals surface area contributed by atoms with E-state index in [9.17, 15) is 5.11 Å². The van der Waals surface area contributed by atoms with Gasteiger partial charge in [-0.3, -0.25) is 4.90 Å². The molecule has 0 saturated carbocycles. The first kappa shape index (κ1) is 12.2. The fourth-order valence-electron chi connectivity index (χ4n) is 2.19. The van der Waals surface area contributed by atoms with Gasteiger partial charge in [-0.15, -0.1) is 0 Å². The maximum Gasteiger partial charge on any atom is 0.132 e. The van der Waals surface area contributed by atoms with Gasteiger partial charge in [0.05, 0.1) is 0 Å². The molecule has 2 rings (SSSR count). The predicted octanol–water partition coefficient (Wildman–Crippen LogP) is 1.71. The maximum absolute atomic E-state index is 9.45. The van der Waals surface area contributed by atoms with Crippen LogP contribution in [0.4, 0.5) is 5.82 Å². The average Bonchev–Trinajstić information content (AvgIpc) is 2.28. The van der Waals surface area contributed by atoms with E-state index in [1.165, 1.54) is 0 Å². The first-order valence-corrected chi connectivity index (χ1v) is 6.12. The molecule has 1 aliphatic heterocycles. The summed E-state index contributed by atoms with van der Waals surface area (Å²) in [5, 5.41) is 9.45. The van der Waals surface area contributed by atoms with Crippen LogP contribution in [-0.2, 0) is 0 Å². The van der Waals surface area contributed by atoms with Crippen LogP contribution in [0.1, 0.15) is 20.8 Å². The van der Waals surface area contributed by atoms with E-state index in [1.807, 2.05) is 0 Å². The Morgan fingerprint density at radius 1 is 1.18 bits per heavy atom. The molecule has 0 spiro atoms. The summed E-state index contributed by atoms with van der Waals surface area (Å²) in [6.45, 7) is 10.8. The van der Waals surface area contributed by atoms with Crippen LogP contribution in [0.5, 0.6) is 5.75 Å². The van der Waals surface area contributed by atoms with E-state index in [-0.39, 0.29) is 11.3 Å². The van der Waals surface area contributed by atoms with Crippen molar-refractivity contribution >= 4 is 5.82 Å². The third kappa shape index (κ3) is 2.88. The summed E-state index contributed by atoms with van der Waals surface area (Å²) in [5.74, 6) is 1.16. The number of aromatic hydroxyl groups is 1. The highest BCUT2D eigenvalue weighted by Gasteiger charge is 2.26. The minimum Gasteiger partial charge on any atom is -0.508 e. The highest BCUT2D eigenvalue weighted by Crippen LogP contribution is 2.21. The largest absolute Gasteiger partial charge is 0.508 e. The molecule has 1 aliphatic rings. The van der Waals surface area contributed by atoms with Crippen LogP contribution in [-0.4, -0.2) is 46.7 Å². The van der Waals surface area contributed by atoms with E-state index in [0.717, 1.165) is 32.0 Å². The zero-order valence-electron chi connectivity index (χ0n) is 10.8. The van der Waals surface area contributed by atoms with Crippen molar-refractivity contribution in [2.75, 3.05) is 31.1 Å². The van der Waals surface area contributed by atoms with Gasteiger partial charge >= 0.3 is 0 Å². The minimum absolute atomic E-state index is 0.234. The molecule has 1 N–H and O–H groups in total. The van der Waals surface area contributed by atoms with E-state index >= 15 is 0 Å². The van der Waals surface area contributed by atoms with Crippen molar-refractivity contribution in [3.8, 4) is 5.75 Å². The molecule has 4 nitrogen and oxygen atoms in total. The van der Waals surface area contributed by atoms with Crippen LogP contribution in [0.15, 0.2) is 18.3 Å². The van der Waals surface area contributed by atoms with Crippen molar-refractivity contribution in [3.05, 3.63) is 18.3 Å². The van der Waals surface area contributed by atoms with Crippen LogP contribution in [0.2, 0.25) is 0 Å². The number of anilines is 1. The van der Waals surface area contributed by atoms with Gasteiger partial charge in [0, 0.05) is 44.0 Å². The van der Waals surface area contributed by atoms with E-state index in [4.69, 9.17) is 0 Å². The fraction of sp³-hybridized carbons (Fsp3) is 0.615. The number of pyridine rings is 1. The lowest BCUT2D eigenvalue weighted by molar-refractivity contribution is 0.128. The standard InChI is InChI=1S/C13H21N3O/c1-13(2,3)16-8-6-15(7-9-16)12-10-11(17)4-5-14-12/h4-5,10H,6-9H2,1-3H3,(H,14,17). The topological polar surface area (TPSA) is 39.6 Å². The number of hydrogen-bond acceptors (Lipinski definition) is 4. The SMILES string of the molecule is CC(C)(C)N1CCN(c2cc(O)ccn2)CC1. The molecule has 1 aromatic heterocycles. The fourth-order valence-corrected chi connectivity index (χ4v) is 2.19. The molecular formula is C13H21N3O.